The number of aromatic nitrogens is 1. The van der Waals surface area contributed by atoms with Crippen molar-refractivity contribution in [3.05, 3.63) is 17.5 Å². The van der Waals surface area contributed by atoms with Crippen molar-refractivity contribution in [2.45, 2.75) is 57.4 Å². The largest absolute Gasteiger partial charge is 0.360 e. The Hall–Kier alpha value is -1.36. The van der Waals surface area contributed by atoms with Crippen molar-refractivity contribution >= 4 is 5.91 Å². The van der Waals surface area contributed by atoms with E-state index in [-0.39, 0.29) is 11.9 Å². The van der Waals surface area contributed by atoms with Gasteiger partial charge in [0.15, 0.2) is 5.69 Å². The topological polar surface area (TPSA) is 58.4 Å². The molecule has 0 unspecified atom stereocenters. The highest BCUT2D eigenvalue weighted by molar-refractivity contribution is 5.92. The van der Waals surface area contributed by atoms with Gasteiger partial charge >= 0.3 is 0 Å². The third-order valence-electron chi connectivity index (χ3n) is 5.74. The molecule has 1 saturated heterocycles. The van der Waals surface area contributed by atoms with Crippen molar-refractivity contribution in [1.29, 1.82) is 0 Å². The lowest BCUT2D eigenvalue weighted by molar-refractivity contribution is 0.0922. The van der Waals surface area contributed by atoms with Crippen LogP contribution in [0.25, 0.3) is 0 Å². The number of nitrogens with one attached hydrogen (secondary N) is 1. The van der Waals surface area contributed by atoms with Crippen molar-refractivity contribution in [3.8, 4) is 0 Å². The SMILES string of the molecule is C[C@@H]1CN(CC2CCCC2)C[C@H]1NC(=O)c1cc(C2CC2)on1. The Balaban J connectivity index is 1.31. The Morgan fingerprint density at radius 3 is 2.83 bits per heavy atom. The highest BCUT2D eigenvalue weighted by atomic mass is 16.5. The second kappa shape index (κ2) is 6.27. The lowest BCUT2D eigenvalue weighted by atomic mass is 10.1. The number of likely N-dealkylation sites (tertiary alicyclic amines) is 1. The van der Waals surface area contributed by atoms with E-state index in [4.69, 9.17) is 4.52 Å². The molecule has 0 spiro atoms. The van der Waals surface area contributed by atoms with Gasteiger partial charge in [0.05, 0.1) is 0 Å². The molecule has 5 heteroatoms. The first-order valence-corrected chi connectivity index (χ1v) is 9.19. The maximum atomic E-state index is 12.4. The highest BCUT2D eigenvalue weighted by Gasteiger charge is 2.34. The Kier molecular flexibility index (Phi) is 4.14. The number of amides is 1. The fourth-order valence-corrected chi connectivity index (χ4v) is 4.16. The monoisotopic (exact) mass is 317 g/mol. The Morgan fingerprint density at radius 2 is 2.09 bits per heavy atom. The van der Waals surface area contributed by atoms with Gasteiger partial charge < -0.3 is 14.7 Å². The van der Waals surface area contributed by atoms with Crippen LogP contribution in [0, 0.1) is 11.8 Å². The zero-order valence-corrected chi connectivity index (χ0v) is 14.0. The fraction of sp³-hybridized carbons (Fsp3) is 0.778. The number of hydrogen-bond donors (Lipinski definition) is 1. The minimum Gasteiger partial charge on any atom is -0.360 e. The number of carbonyl (C=O) groups excluding carboxylic acids is 1. The summed E-state index contributed by atoms with van der Waals surface area (Å²) in [4.78, 5) is 14.9. The molecule has 23 heavy (non-hydrogen) atoms. The molecule has 5 nitrogen and oxygen atoms in total. The van der Waals surface area contributed by atoms with Crippen LogP contribution in [0.15, 0.2) is 10.6 Å². The van der Waals surface area contributed by atoms with Crippen LogP contribution in [-0.2, 0) is 0 Å². The van der Waals surface area contributed by atoms with E-state index in [1.165, 1.54) is 32.2 Å². The van der Waals surface area contributed by atoms with Crippen molar-refractivity contribution in [3.63, 3.8) is 0 Å². The minimum atomic E-state index is -0.0831. The van der Waals surface area contributed by atoms with Crippen LogP contribution in [0.5, 0.6) is 0 Å². The molecule has 2 saturated carbocycles. The summed E-state index contributed by atoms with van der Waals surface area (Å²) in [5.74, 6) is 2.65. The first-order chi connectivity index (χ1) is 11.2. The van der Waals surface area contributed by atoms with Gasteiger partial charge in [-0.2, -0.15) is 0 Å². The molecule has 0 aromatic carbocycles. The second-order valence-electron chi connectivity index (χ2n) is 7.82. The molecular weight excluding hydrogens is 290 g/mol. The van der Waals surface area contributed by atoms with Crippen LogP contribution in [0.1, 0.15) is 67.6 Å². The van der Waals surface area contributed by atoms with Crippen molar-refractivity contribution in [1.82, 2.24) is 15.4 Å². The smallest absolute Gasteiger partial charge is 0.273 e. The van der Waals surface area contributed by atoms with Crippen molar-refractivity contribution in [2.24, 2.45) is 11.8 Å². The minimum absolute atomic E-state index is 0.0831. The van der Waals surface area contributed by atoms with Crippen LogP contribution in [-0.4, -0.2) is 41.6 Å². The summed E-state index contributed by atoms with van der Waals surface area (Å²) in [5.41, 5.74) is 0.438. The molecule has 0 radical (unpaired) electrons. The molecule has 1 aromatic rings. The van der Waals surface area contributed by atoms with E-state index in [0.717, 1.165) is 37.6 Å². The Morgan fingerprint density at radius 1 is 1.30 bits per heavy atom. The van der Waals surface area contributed by atoms with Gasteiger partial charge in [-0.1, -0.05) is 24.9 Å². The molecule has 3 fully saturated rings. The van der Waals surface area contributed by atoms with Gasteiger partial charge in [-0.3, -0.25) is 4.79 Å². The predicted molar refractivity (Wildman–Crippen MR) is 87.3 cm³/mol. The van der Waals surface area contributed by atoms with Gasteiger partial charge in [-0.15, -0.1) is 0 Å². The quantitative estimate of drug-likeness (QED) is 0.907. The molecule has 1 aromatic heterocycles. The summed E-state index contributed by atoms with van der Waals surface area (Å²) in [6.07, 6.45) is 7.86. The summed E-state index contributed by atoms with van der Waals surface area (Å²) in [5, 5.41) is 7.12. The lowest BCUT2D eigenvalue weighted by Crippen LogP contribution is -2.40. The number of rotatable bonds is 5. The average Bonchev–Trinajstić information content (AvgIpc) is 2.94. The van der Waals surface area contributed by atoms with Crippen LogP contribution in [0.3, 0.4) is 0 Å². The zero-order valence-electron chi connectivity index (χ0n) is 14.0. The predicted octanol–water partition coefficient (Wildman–Crippen LogP) is 2.79. The van der Waals surface area contributed by atoms with Gasteiger partial charge in [0.2, 0.25) is 0 Å². The first-order valence-electron chi connectivity index (χ1n) is 9.19. The molecule has 4 rings (SSSR count). The van der Waals surface area contributed by atoms with E-state index in [9.17, 15) is 4.79 Å². The average molecular weight is 317 g/mol. The third kappa shape index (κ3) is 3.44. The molecule has 2 heterocycles. The number of hydrogen-bond acceptors (Lipinski definition) is 4. The van der Waals surface area contributed by atoms with Crippen molar-refractivity contribution in [2.75, 3.05) is 19.6 Å². The highest BCUT2D eigenvalue weighted by Crippen LogP contribution is 2.40. The molecule has 3 aliphatic rings. The van der Waals surface area contributed by atoms with E-state index in [1.807, 2.05) is 6.07 Å². The van der Waals surface area contributed by atoms with E-state index in [0.29, 0.717) is 17.5 Å². The van der Waals surface area contributed by atoms with Crippen LogP contribution in [0.4, 0.5) is 0 Å². The van der Waals surface area contributed by atoms with Gasteiger partial charge in [0.1, 0.15) is 5.76 Å². The second-order valence-corrected chi connectivity index (χ2v) is 7.82. The summed E-state index contributed by atoms with van der Waals surface area (Å²) in [7, 11) is 0. The van der Waals surface area contributed by atoms with Gasteiger partial charge in [-0.05, 0) is 37.5 Å². The molecule has 2 aliphatic carbocycles. The standard InChI is InChI=1S/C18H27N3O2/c1-12-9-21(10-13-4-2-3-5-13)11-16(12)19-18(22)15-8-17(23-20-15)14-6-7-14/h8,12-14,16H,2-7,9-11H2,1H3,(H,19,22)/t12-,16-/m1/s1. The first kappa shape index (κ1) is 15.2. The third-order valence-corrected chi connectivity index (χ3v) is 5.74. The summed E-state index contributed by atoms with van der Waals surface area (Å²) in [6, 6.07) is 2.05. The van der Waals surface area contributed by atoms with Crippen LogP contribution in [0.2, 0.25) is 0 Å². The molecule has 126 valence electrons. The lowest BCUT2D eigenvalue weighted by Gasteiger charge is -2.20. The normalized spacial score (nSPS) is 29.3. The fourth-order valence-electron chi connectivity index (χ4n) is 4.16. The van der Waals surface area contributed by atoms with E-state index < -0.39 is 0 Å². The van der Waals surface area contributed by atoms with E-state index >= 15 is 0 Å². The summed E-state index contributed by atoms with van der Waals surface area (Å²) < 4.78 is 5.29. The van der Waals surface area contributed by atoms with Crippen molar-refractivity contribution < 1.29 is 9.32 Å². The molecule has 1 aliphatic heterocycles. The molecule has 1 N–H and O–H groups in total. The van der Waals surface area contributed by atoms with Crippen LogP contribution < -0.4 is 5.32 Å². The zero-order chi connectivity index (χ0) is 15.8. The van der Waals surface area contributed by atoms with E-state index in [2.05, 4.69) is 22.3 Å². The molecular formula is C18H27N3O2. The maximum absolute atomic E-state index is 12.4. The summed E-state index contributed by atoms with van der Waals surface area (Å²) in [6.45, 7) is 5.49. The Bertz CT molecular complexity index is 560. The maximum Gasteiger partial charge on any atom is 0.273 e. The Labute approximate surface area is 137 Å². The molecule has 1 amide bonds. The van der Waals surface area contributed by atoms with Gasteiger partial charge in [-0.25, -0.2) is 0 Å². The summed E-state index contributed by atoms with van der Waals surface area (Å²) >= 11 is 0. The molecule has 0 bridgehead atoms. The van der Waals surface area contributed by atoms with Gasteiger partial charge in [0.25, 0.3) is 5.91 Å². The number of carbonyl (C=O) groups is 1. The van der Waals surface area contributed by atoms with Gasteiger partial charge in [0, 0.05) is 37.7 Å². The van der Waals surface area contributed by atoms with E-state index in [1.54, 1.807) is 0 Å². The number of nitrogens with zero attached hydrogens (tertiary/aromatic N) is 2. The molecule has 2 atom stereocenters. The van der Waals surface area contributed by atoms with Crippen LogP contribution >= 0.6 is 0 Å².